The number of rotatable bonds is 3. The summed E-state index contributed by atoms with van der Waals surface area (Å²) in [4.78, 5) is 4.26. The van der Waals surface area contributed by atoms with Gasteiger partial charge in [-0.25, -0.2) is 4.39 Å². The lowest BCUT2D eigenvalue weighted by molar-refractivity contribution is -0.138. The molecular weight excluding hydrogens is 517 g/mol. The third kappa shape index (κ3) is 4.33. The highest BCUT2D eigenvalue weighted by Gasteiger charge is 2.43. The Morgan fingerprint density at radius 2 is 2.00 bits per heavy atom. The Morgan fingerprint density at radius 3 is 2.62 bits per heavy atom. The molecule has 0 spiro atoms. The predicted molar refractivity (Wildman–Crippen MR) is 99.5 cm³/mol. The summed E-state index contributed by atoms with van der Waals surface area (Å²) in [7, 11) is 1.19. The molecule has 11 heteroatoms. The molecule has 0 bridgehead atoms. The maximum absolute atomic E-state index is 14.9. The summed E-state index contributed by atoms with van der Waals surface area (Å²) in [5, 5.41) is 0. The molecule has 1 aliphatic rings. The van der Waals surface area contributed by atoms with Crippen LogP contribution in [0.2, 0.25) is 0 Å². The lowest BCUT2D eigenvalue weighted by Gasteiger charge is -2.35. The van der Waals surface area contributed by atoms with Gasteiger partial charge in [-0.15, -0.1) is 0 Å². The molecule has 0 unspecified atom stereocenters. The average Bonchev–Trinajstić information content (AvgIpc) is 2.60. The number of aryl methyl sites for hydroxylation is 1. The highest BCUT2D eigenvalue weighted by atomic mass is 127. The summed E-state index contributed by atoms with van der Waals surface area (Å²) in [5.41, 5.74) is -2.79. The van der Waals surface area contributed by atoms with Gasteiger partial charge in [0.05, 0.1) is 5.56 Å². The fourth-order valence-electron chi connectivity index (χ4n) is 3.04. The van der Waals surface area contributed by atoms with Crippen LogP contribution in [0.3, 0.4) is 0 Å². The number of alkyl halides is 6. The highest BCUT2D eigenvalue weighted by Crippen LogP contribution is 2.42. The van der Waals surface area contributed by atoms with Crippen LogP contribution in [0.1, 0.15) is 18.1 Å². The maximum Gasteiger partial charge on any atom is 0.417 e. The molecule has 1 aliphatic heterocycles. The fourth-order valence-corrected chi connectivity index (χ4v) is 3.50. The van der Waals surface area contributed by atoms with E-state index in [4.69, 9.17) is 4.74 Å². The Kier molecular flexibility index (Phi) is 5.80. The molecule has 158 valence electrons. The van der Waals surface area contributed by atoms with Gasteiger partial charge < -0.3 is 14.0 Å². The second-order valence-corrected chi connectivity index (χ2v) is 7.83. The molecule has 2 atom stereocenters. The van der Waals surface area contributed by atoms with Crippen molar-refractivity contribution in [1.29, 1.82) is 0 Å². The molecule has 0 N–H and O–H groups in total. The minimum absolute atomic E-state index is 0.345. The zero-order chi connectivity index (χ0) is 21.6. The molecule has 0 aliphatic carbocycles. The molecule has 2 aromatic rings. The number of hydrogen-bond donors (Lipinski definition) is 0. The van der Waals surface area contributed by atoms with Crippen molar-refractivity contribution in [2.24, 2.45) is 12.0 Å². The summed E-state index contributed by atoms with van der Waals surface area (Å²) < 4.78 is 91.2. The number of benzene rings is 1. The summed E-state index contributed by atoms with van der Waals surface area (Å²) in [6, 6.07) is 5.37. The van der Waals surface area contributed by atoms with E-state index >= 15 is 0 Å². The van der Waals surface area contributed by atoms with Gasteiger partial charge in [0.2, 0.25) is 0 Å². The number of halogens is 7. The van der Waals surface area contributed by atoms with Crippen molar-refractivity contribution >= 4 is 22.6 Å². The van der Waals surface area contributed by atoms with Crippen molar-refractivity contribution in [1.82, 2.24) is 4.57 Å². The van der Waals surface area contributed by atoms with E-state index in [-0.39, 0.29) is 12.1 Å². The number of pyridine rings is 1. The lowest BCUT2D eigenvalue weighted by Crippen LogP contribution is -2.43. The van der Waals surface area contributed by atoms with Crippen molar-refractivity contribution in [3.63, 3.8) is 0 Å². The Morgan fingerprint density at radius 1 is 1.31 bits per heavy atom. The normalized spacial score (nSPS) is 22.4. The van der Waals surface area contributed by atoms with E-state index in [1.165, 1.54) is 14.0 Å². The number of fused-ring (bicyclic) bond motifs is 1. The first-order valence-corrected chi connectivity index (χ1v) is 9.35. The Hall–Kier alpha value is -1.92. The van der Waals surface area contributed by atoms with Gasteiger partial charge in [0, 0.05) is 22.4 Å². The van der Waals surface area contributed by atoms with Crippen molar-refractivity contribution in [3.8, 4) is 11.5 Å². The van der Waals surface area contributed by atoms with E-state index in [2.05, 4.69) is 9.73 Å². The topological polar surface area (TPSA) is 35.8 Å². The second-order valence-electron chi connectivity index (χ2n) is 6.58. The third-order valence-electron chi connectivity index (χ3n) is 4.54. The van der Waals surface area contributed by atoms with Crippen LogP contribution >= 0.6 is 22.6 Å². The zero-order valence-corrected chi connectivity index (χ0v) is 17.3. The molecule has 2 heterocycles. The molecule has 29 heavy (non-hydrogen) atoms. The molecule has 0 fully saturated rings. The smallest absolute Gasteiger partial charge is 0.417 e. The number of nitrogens with zero attached hydrogens (tertiary/aromatic N) is 2. The Balaban J connectivity index is 2.27. The van der Waals surface area contributed by atoms with Gasteiger partial charge in [0.1, 0.15) is 17.9 Å². The average molecular weight is 532 g/mol. The zero-order valence-electron chi connectivity index (χ0n) is 15.1. The van der Waals surface area contributed by atoms with E-state index in [1.807, 2.05) is 22.6 Å². The van der Waals surface area contributed by atoms with Gasteiger partial charge >= 0.3 is 12.8 Å². The Bertz CT molecular complexity index is 991. The monoisotopic (exact) mass is 532 g/mol. The molecule has 0 amide bonds. The molecule has 4 nitrogen and oxygen atoms in total. The number of aromatic nitrogens is 1. The lowest BCUT2D eigenvalue weighted by atomic mass is 9.85. The van der Waals surface area contributed by atoms with E-state index in [9.17, 15) is 26.3 Å². The largest absolute Gasteiger partial charge is 0.490 e. The molecule has 0 saturated heterocycles. The molecule has 0 saturated carbocycles. The third-order valence-corrected chi connectivity index (χ3v) is 5.21. The van der Waals surface area contributed by atoms with Gasteiger partial charge in [-0.05, 0) is 47.7 Å². The van der Waals surface area contributed by atoms with Crippen LogP contribution < -0.4 is 15.0 Å². The Labute approximate surface area is 175 Å². The first kappa shape index (κ1) is 21.8. The quantitative estimate of drug-likeness (QED) is 0.421. The SMILES string of the molecule is Cn1cc(C(F)(F)F)cc(OC(F)F)/c1=N/[C@]1(C)c2ccc(I)cc2OC[C@@H]1F. The summed E-state index contributed by atoms with van der Waals surface area (Å²) in [5.74, 6) is -0.438. The van der Waals surface area contributed by atoms with E-state index in [0.717, 1.165) is 8.14 Å². The van der Waals surface area contributed by atoms with Gasteiger partial charge in [-0.1, -0.05) is 6.07 Å². The van der Waals surface area contributed by atoms with Crippen molar-refractivity contribution < 1.29 is 35.8 Å². The van der Waals surface area contributed by atoms with Crippen LogP contribution in [-0.2, 0) is 18.8 Å². The van der Waals surface area contributed by atoms with Crippen LogP contribution in [-0.4, -0.2) is 24.0 Å². The summed E-state index contributed by atoms with van der Waals surface area (Å²) in [6.45, 7) is -2.30. The van der Waals surface area contributed by atoms with E-state index in [0.29, 0.717) is 23.6 Å². The standard InChI is InChI=1S/C18H15F6IN2O2/c1-17(11-4-3-10(25)6-12(11)28-8-14(17)19)26-15-13(29-16(20)21)5-9(7-27(15)2)18(22,23)24/h3-7,14,16H,8H2,1-2H3/b26-15-/t14-,17+/m0/s1. The second kappa shape index (κ2) is 7.73. The van der Waals surface area contributed by atoms with E-state index in [1.54, 1.807) is 18.2 Å². The van der Waals surface area contributed by atoms with E-state index < -0.39 is 35.8 Å². The first-order chi connectivity index (χ1) is 13.4. The van der Waals surface area contributed by atoms with Gasteiger partial charge in [0.15, 0.2) is 17.4 Å². The van der Waals surface area contributed by atoms with Gasteiger partial charge in [-0.3, -0.25) is 4.99 Å². The predicted octanol–water partition coefficient (Wildman–Crippen LogP) is 4.80. The van der Waals surface area contributed by atoms with Gasteiger partial charge in [0.25, 0.3) is 0 Å². The van der Waals surface area contributed by atoms with Crippen LogP contribution in [0, 0.1) is 3.57 Å². The van der Waals surface area contributed by atoms with Crippen LogP contribution in [0.25, 0.3) is 0 Å². The van der Waals surface area contributed by atoms with Crippen LogP contribution in [0.5, 0.6) is 11.5 Å². The molecule has 1 aromatic heterocycles. The maximum atomic E-state index is 14.9. The summed E-state index contributed by atoms with van der Waals surface area (Å²) >= 11 is 2.04. The fraction of sp³-hybridized carbons (Fsp3) is 0.389. The van der Waals surface area contributed by atoms with Crippen molar-refractivity contribution in [2.75, 3.05) is 6.61 Å². The molecular formula is C18H15F6IN2O2. The van der Waals surface area contributed by atoms with Crippen LogP contribution in [0.15, 0.2) is 35.5 Å². The molecule has 1 aromatic carbocycles. The van der Waals surface area contributed by atoms with Crippen LogP contribution in [0.4, 0.5) is 26.3 Å². The minimum atomic E-state index is -4.79. The molecule has 3 rings (SSSR count). The molecule has 0 radical (unpaired) electrons. The van der Waals surface area contributed by atoms with Crippen molar-refractivity contribution in [3.05, 3.63) is 50.6 Å². The summed E-state index contributed by atoms with van der Waals surface area (Å²) in [6.07, 6.45) is -5.77. The number of ether oxygens (including phenoxy) is 2. The van der Waals surface area contributed by atoms with Gasteiger partial charge in [-0.2, -0.15) is 22.0 Å². The first-order valence-electron chi connectivity index (χ1n) is 8.27. The highest BCUT2D eigenvalue weighted by molar-refractivity contribution is 14.1. The van der Waals surface area contributed by atoms with Crippen molar-refractivity contribution in [2.45, 2.75) is 31.4 Å². The number of hydrogen-bond acceptors (Lipinski definition) is 3. The minimum Gasteiger partial charge on any atom is -0.490 e.